The molecule has 0 spiro atoms. The molecule has 2 amide bonds. The molecule has 1 atom stereocenters. The SMILES string of the molecule is NC(=O)CC[C@@H](N)C(=O)N1CCN(c2ccc3c(c2)CN(S(=O)(=O)c2ccc(O)cc2O)C3)CC1. The van der Waals surface area contributed by atoms with E-state index >= 15 is 0 Å². The van der Waals surface area contributed by atoms with Crippen molar-refractivity contribution in [2.24, 2.45) is 11.5 Å². The third-order valence-electron chi connectivity index (χ3n) is 6.42. The number of carbonyl (C=O) groups is 2. The summed E-state index contributed by atoms with van der Waals surface area (Å²) in [5.74, 6) is -1.40. The molecule has 2 aliphatic rings. The fourth-order valence-electron chi connectivity index (χ4n) is 4.42. The van der Waals surface area contributed by atoms with Crippen molar-refractivity contribution in [3.05, 3.63) is 47.5 Å². The summed E-state index contributed by atoms with van der Waals surface area (Å²) in [6.07, 6.45) is 0.293. The fourth-order valence-corrected chi connectivity index (χ4v) is 5.88. The molecule has 0 aliphatic carbocycles. The van der Waals surface area contributed by atoms with E-state index in [1.54, 1.807) is 4.90 Å². The number of sulfonamides is 1. The monoisotopic (exact) mass is 503 g/mol. The molecule has 35 heavy (non-hydrogen) atoms. The van der Waals surface area contributed by atoms with Gasteiger partial charge in [-0.15, -0.1) is 0 Å². The predicted molar refractivity (Wildman–Crippen MR) is 128 cm³/mol. The quantitative estimate of drug-likeness (QED) is 0.410. The van der Waals surface area contributed by atoms with Crippen molar-refractivity contribution in [1.82, 2.24) is 9.21 Å². The van der Waals surface area contributed by atoms with E-state index in [0.29, 0.717) is 26.2 Å². The van der Waals surface area contributed by atoms with Gasteiger partial charge < -0.3 is 31.5 Å². The first-order valence-electron chi connectivity index (χ1n) is 11.3. The molecule has 2 aromatic rings. The van der Waals surface area contributed by atoms with E-state index in [1.807, 2.05) is 18.2 Å². The zero-order chi connectivity index (χ0) is 25.3. The number of piperazine rings is 1. The number of rotatable bonds is 7. The maximum atomic E-state index is 13.1. The normalized spacial score (nSPS) is 17.3. The molecule has 4 rings (SSSR count). The lowest BCUT2D eigenvalue weighted by molar-refractivity contribution is -0.133. The van der Waals surface area contributed by atoms with Gasteiger partial charge >= 0.3 is 0 Å². The maximum Gasteiger partial charge on any atom is 0.247 e. The number of nitrogens with zero attached hydrogens (tertiary/aromatic N) is 3. The van der Waals surface area contributed by atoms with Gasteiger partial charge in [-0.3, -0.25) is 9.59 Å². The molecule has 0 saturated carbocycles. The molecule has 6 N–H and O–H groups in total. The number of anilines is 1. The van der Waals surface area contributed by atoms with Gasteiger partial charge in [-0.05, 0) is 41.8 Å². The Bertz CT molecular complexity index is 1240. The lowest BCUT2D eigenvalue weighted by Gasteiger charge is -2.37. The van der Waals surface area contributed by atoms with Crippen LogP contribution in [0.3, 0.4) is 0 Å². The topological polar surface area (TPSA) is 170 Å². The minimum Gasteiger partial charge on any atom is -0.508 e. The summed E-state index contributed by atoms with van der Waals surface area (Å²) in [6.45, 7) is 2.51. The van der Waals surface area contributed by atoms with Crippen molar-refractivity contribution >= 4 is 27.5 Å². The molecule has 1 fully saturated rings. The Morgan fingerprint density at radius 2 is 1.66 bits per heavy atom. The van der Waals surface area contributed by atoms with Crippen molar-refractivity contribution < 1.29 is 28.2 Å². The highest BCUT2D eigenvalue weighted by Gasteiger charge is 2.33. The smallest absolute Gasteiger partial charge is 0.247 e. The van der Waals surface area contributed by atoms with E-state index in [4.69, 9.17) is 11.5 Å². The summed E-state index contributed by atoms with van der Waals surface area (Å²) in [7, 11) is -3.95. The van der Waals surface area contributed by atoms with Crippen molar-refractivity contribution in [2.75, 3.05) is 31.1 Å². The van der Waals surface area contributed by atoms with Gasteiger partial charge in [0.1, 0.15) is 16.4 Å². The van der Waals surface area contributed by atoms with E-state index in [0.717, 1.165) is 22.9 Å². The first kappa shape index (κ1) is 24.8. The lowest BCUT2D eigenvalue weighted by atomic mass is 10.1. The van der Waals surface area contributed by atoms with Gasteiger partial charge in [-0.1, -0.05) is 6.07 Å². The Labute approximate surface area is 203 Å². The number of nitrogens with two attached hydrogens (primary N) is 2. The van der Waals surface area contributed by atoms with Crippen LogP contribution >= 0.6 is 0 Å². The molecular weight excluding hydrogens is 474 g/mol. The van der Waals surface area contributed by atoms with Crippen LogP contribution in [0, 0.1) is 0 Å². The van der Waals surface area contributed by atoms with Crippen LogP contribution in [0.1, 0.15) is 24.0 Å². The zero-order valence-electron chi connectivity index (χ0n) is 19.1. The molecular formula is C23H29N5O6S. The summed E-state index contributed by atoms with van der Waals surface area (Å²) in [6, 6.07) is 8.45. The second kappa shape index (κ2) is 9.72. The first-order chi connectivity index (χ1) is 16.6. The lowest BCUT2D eigenvalue weighted by Crippen LogP contribution is -2.53. The van der Waals surface area contributed by atoms with Crippen LogP contribution in [-0.4, -0.2) is 71.9 Å². The van der Waals surface area contributed by atoms with E-state index in [2.05, 4.69) is 4.90 Å². The highest BCUT2D eigenvalue weighted by Crippen LogP contribution is 2.35. The number of phenols is 2. The summed E-state index contributed by atoms with van der Waals surface area (Å²) >= 11 is 0. The Morgan fingerprint density at radius 1 is 0.971 bits per heavy atom. The van der Waals surface area contributed by atoms with Crippen molar-refractivity contribution in [3.63, 3.8) is 0 Å². The molecule has 2 aromatic carbocycles. The second-order valence-corrected chi connectivity index (χ2v) is 10.7. The maximum absolute atomic E-state index is 13.1. The average molecular weight is 504 g/mol. The van der Waals surface area contributed by atoms with E-state index < -0.39 is 27.7 Å². The molecule has 2 heterocycles. The third-order valence-corrected chi connectivity index (χ3v) is 8.26. The van der Waals surface area contributed by atoms with Gasteiger partial charge in [0.15, 0.2) is 0 Å². The Kier molecular flexibility index (Phi) is 6.88. The average Bonchev–Trinajstić information content (AvgIpc) is 3.26. The first-order valence-corrected chi connectivity index (χ1v) is 12.7. The summed E-state index contributed by atoms with van der Waals surface area (Å²) < 4.78 is 27.4. The number of aromatic hydroxyl groups is 2. The second-order valence-electron chi connectivity index (χ2n) is 8.80. The fraction of sp³-hybridized carbons (Fsp3) is 0.391. The highest BCUT2D eigenvalue weighted by molar-refractivity contribution is 7.89. The van der Waals surface area contributed by atoms with Crippen molar-refractivity contribution in [1.29, 1.82) is 0 Å². The van der Waals surface area contributed by atoms with Crippen LogP contribution in [0.25, 0.3) is 0 Å². The number of carbonyl (C=O) groups excluding carboxylic acids is 2. The van der Waals surface area contributed by atoms with Crippen molar-refractivity contribution in [3.8, 4) is 11.5 Å². The van der Waals surface area contributed by atoms with E-state index in [1.165, 1.54) is 16.4 Å². The third kappa shape index (κ3) is 5.19. The van der Waals surface area contributed by atoms with E-state index in [-0.39, 0.29) is 42.5 Å². The Hall–Kier alpha value is -3.35. The van der Waals surface area contributed by atoms with Crippen LogP contribution in [0.2, 0.25) is 0 Å². The molecule has 11 nitrogen and oxygen atoms in total. The Morgan fingerprint density at radius 3 is 2.31 bits per heavy atom. The van der Waals surface area contributed by atoms with Crippen molar-refractivity contribution in [2.45, 2.75) is 36.9 Å². The molecule has 188 valence electrons. The van der Waals surface area contributed by atoms with Crippen LogP contribution in [0.15, 0.2) is 41.3 Å². The van der Waals surface area contributed by atoms with Crippen LogP contribution in [-0.2, 0) is 32.7 Å². The number of benzene rings is 2. The molecule has 0 aromatic heterocycles. The number of hydrogen-bond acceptors (Lipinski definition) is 8. The van der Waals surface area contributed by atoms with Crippen LogP contribution in [0.5, 0.6) is 11.5 Å². The molecule has 1 saturated heterocycles. The van der Waals surface area contributed by atoms with Gasteiger partial charge in [-0.2, -0.15) is 4.31 Å². The van der Waals surface area contributed by atoms with Crippen LogP contribution < -0.4 is 16.4 Å². The molecule has 0 radical (unpaired) electrons. The predicted octanol–water partition coefficient (Wildman–Crippen LogP) is 0.0437. The number of phenolic OH excluding ortho intramolecular Hbond substituents is 2. The van der Waals surface area contributed by atoms with Gasteiger partial charge in [-0.25, -0.2) is 8.42 Å². The molecule has 0 bridgehead atoms. The number of amides is 2. The number of fused-ring (bicyclic) bond motifs is 1. The minimum atomic E-state index is -3.95. The van der Waals surface area contributed by atoms with Gasteiger partial charge in [0.05, 0.1) is 6.04 Å². The highest BCUT2D eigenvalue weighted by atomic mass is 32.2. The summed E-state index contributed by atoms with van der Waals surface area (Å²) in [4.78, 5) is 27.0. The van der Waals surface area contributed by atoms with Gasteiger partial charge in [0.25, 0.3) is 0 Å². The summed E-state index contributed by atoms with van der Waals surface area (Å²) in [5.41, 5.74) is 13.7. The molecule has 2 aliphatic heterocycles. The van der Waals surface area contributed by atoms with Crippen LogP contribution in [0.4, 0.5) is 5.69 Å². The zero-order valence-corrected chi connectivity index (χ0v) is 19.9. The number of hydrogen-bond donors (Lipinski definition) is 4. The largest absolute Gasteiger partial charge is 0.508 e. The number of primary amides is 1. The van der Waals surface area contributed by atoms with E-state index in [9.17, 15) is 28.2 Å². The van der Waals surface area contributed by atoms with Gasteiger partial charge in [0.2, 0.25) is 21.8 Å². The molecule has 12 heteroatoms. The van der Waals surface area contributed by atoms with Gasteiger partial charge in [0, 0.05) is 57.4 Å². The molecule has 0 unspecified atom stereocenters. The Balaban J connectivity index is 1.40. The summed E-state index contributed by atoms with van der Waals surface area (Å²) in [5, 5.41) is 19.5. The standard InChI is InChI=1S/C23H29N5O6S/c24-19(4-6-22(25)31)23(32)27-9-7-26(8-10-27)17-2-1-15-13-28(14-16(15)11-17)35(33,34)21-5-3-18(29)12-20(21)30/h1-3,5,11-12,19,29-30H,4,6-10,13-14,24H2,(H2,25,31)/t19-/m1/s1. The minimum absolute atomic E-state index is 0.0705.